The van der Waals surface area contributed by atoms with E-state index in [1.807, 2.05) is 61.5 Å². The first-order valence-corrected chi connectivity index (χ1v) is 13.5. The Kier molecular flexibility index (Phi) is 10.8. The van der Waals surface area contributed by atoms with Crippen LogP contribution < -0.4 is 5.32 Å². The number of hydrogen-bond donors (Lipinski definition) is 1. The number of halogens is 3. The quantitative estimate of drug-likeness (QED) is 0.291. The number of hydrogen-bond acceptors (Lipinski definition) is 3. The summed E-state index contributed by atoms with van der Waals surface area (Å²) in [5.41, 5.74) is 2.52. The van der Waals surface area contributed by atoms with Crippen molar-refractivity contribution in [1.29, 1.82) is 0 Å². The van der Waals surface area contributed by atoms with Gasteiger partial charge in [-0.1, -0.05) is 89.4 Å². The Morgan fingerprint density at radius 1 is 0.886 bits per heavy atom. The first kappa shape index (κ1) is 27.4. The molecule has 0 saturated heterocycles. The Morgan fingerprint density at radius 2 is 1.51 bits per heavy atom. The first-order chi connectivity index (χ1) is 16.9. The third-order valence-electron chi connectivity index (χ3n) is 5.45. The summed E-state index contributed by atoms with van der Waals surface area (Å²) in [6.45, 7) is 2.44. The van der Waals surface area contributed by atoms with Crippen LogP contribution in [0.15, 0.2) is 72.8 Å². The minimum Gasteiger partial charge on any atom is -0.355 e. The molecule has 3 aromatic carbocycles. The first-order valence-electron chi connectivity index (χ1n) is 11.3. The summed E-state index contributed by atoms with van der Waals surface area (Å²) in [4.78, 5) is 28.4. The van der Waals surface area contributed by atoms with Crippen molar-refractivity contribution in [2.24, 2.45) is 0 Å². The summed E-state index contributed by atoms with van der Waals surface area (Å²) in [5, 5.41) is 4.45. The van der Waals surface area contributed by atoms with Crippen molar-refractivity contribution in [3.8, 4) is 0 Å². The van der Waals surface area contributed by atoms with Gasteiger partial charge in [0.15, 0.2) is 0 Å². The van der Waals surface area contributed by atoms with E-state index in [0.717, 1.165) is 11.1 Å². The molecule has 0 aliphatic carbocycles. The largest absolute Gasteiger partial charge is 0.355 e. The van der Waals surface area contributed by atoms with Crippen molar-refractivity contribution in [3.05, 3.63) is 105 Å². The molecule has 0 saturated carbocycles. The van der Waals surface area contributed by atoms with Crippen LogP contribution in [0.1, 0.15) is 23.6 Å². The van der Waals surface area contributed by atoms with Crippen LogP contribution in [0.2, 0.25) is 15.1 Å². The van der Waals surface area contributed by atoms with Gasteiger partial charge in [-0.15, -0.1) is 11.8 Å². The lowest BCUT2D eigenvalue weighted by molar-refractivity contribution is -0.139. The molecular weight excluding hydrogens is 523 g/mol. The maximum absolute atomic E-state index is 13.6. The summed E-state index contributed by atoms with van der Waals surface area (Å²) < 4.78 is 0. The topological polar surface area (TPSA) is 49.4 Å². The second-order valence-corrected chi connectivity index (χ2v) is 10.1. The van der Waals surface area contributed by atoms with E-state index in [0.29, 0.717) is 39.3 Å². The molecule has 0 spiro atoms. The van der Waals surface area contributed by atoms with Crippen LogP contribution in [0.4, 0.5) is 0 Å². The van der Waals surface area contributed by atoms with Crippen molar-refractivity contribution < 1.29 is 9.59 Å². The lowest BCUT2D eigenvalue weighted by Crippen LogP contribution is -2.51. The summed E-state index contributed by atoms with van der Waals surface area (Å²) in [6.07, 6.45) is 0.371. The molecule has 0 aliphatic rings. The fourth-order valence-corrected chi connectivity index (χ4v) is 5.36. The van der Waals surface area contributed by atoms with E-state index in [9.17, 15) is 9.59 Å². The predicted octanol–water partition coefficient (Wildman–Crippen LogP) is 6.66. The summed E-state index contributed by atoms with van der Waals surface area (Å²) in [6, 6.07) is 21.7. The third-order valence-corrected chi connectivity index (χ3v) is 7.50. The van der Waals surface area contributed by atoms with Gasteiger partial charge in [0.25, 0.3) is 0 Å². The fraction of sp³-hybridized carbons (Fsp3) is 0.259. The molecule has 1 N–H and O–H groups in total. The van der Waals surface area contributed by atoms with Gasteiger partial charge >= 0.3 is 0 Å². The highest BCUT2D eigenvalue weighted by Crippen LogP contribution is 2.28. The maximum Gasteiger partial charge on any atom is 0.243 e. The van der Waals surface area contributed by atoms with Gasteiger partial charge in [0.1, 0.15) is 6.04 Å². The van der Waals surface area contributed by atoms with Gasteiger partial charge in [0.05, 0.1) is 5.75 Å². The highest BCUT2D eigenvalue weighted by atomic mass is 35.5. The van der Waals surface area contributed by atoms with Crippen LogP contribution in [0.5, 0.6) is 0 Å². The third kappa shape index (κ3) is 7.91. The normalized spacial score (nSPS) is 11.7. The zero-order valence-electron chi connectivity index (χ0n) is 19.3. The van der Waals surface area contributed by atoms with E-state index in [-0.39, 0.29) is 24.1 Å². The average Bonchev–Trinajstić information content (AvgIpc) is 2.85. The highest BCUT2D eigenvalue weighted by molar-refractivity contribution is 7.99. The van der Waals surface area contributed by atoms with E-state index >= 15 is 0 Å². The number of thioether (sulfide) groups is 1. The second kappa shape index (κ2) is 13.8. The van der Waals surface area contributed by atoms with Crippen LogP contribution in [0.3, 0.4) is 0 Å². The van der Waals surface area contributed by atoms with E-state index < -0.39 is 6.04 Å². The molecule has 0 radical (unpaired) electrons. The molecule has 2 amide bonds. The van der Waals surface area contributed by atoms with Crippen LogP contribution >= 0.6 is 46.6 Å². The monoisotopic (exact) mass is 548 g/mol. The zero-order chi connectivity index (χ0) is 25.2. The smallest absolute Gasteiger partial charge is 0.243 e. The molecule has 0 aliphatic heterocycles. The van der Waals surface area contributed by atoms with Crippen LogP contribution in [-0.2, 0) is 28.3 Å². The minimum absolute atomic E-state index is 0.124. The molecule has 8 heteroatoms. The molecule has 0 heterocycles. The molecule has 4 nitrogen and oxygen atoms in total. The fourth-order valence-electron chi connectivity index (χ4n) is 3.65. The van der Waals surface area contributed by atoms with Gasteiger partial charge in [0, 0.05) is 45.9 Å². The molecule has 3 aromatic rings. The number of carbonyl (C=O) groups is 2. The SMILES string of the molecule is CCNC(=O)[C@@H](Cc1ccccc1)N(Cc1c(Cl)cccc1Cl)C(=O)CSCc1ccccc1Cl. The highest BCUT2D eigenvalue weighted by Gasteiger charge is 2.31. The summed E-state index contributed by atoms with van der Waals surface area (Å²) in [5.74, 6) is 0.364. The van der Waals surface area contributed by atoms with Gasteiger partial charge in [-0.05, 0) is 36.2 Å². The Hall–Kier alpha value is -2.18. The van der Waals surface area contributed by atoms with Crippen molar-refractivity contribution in [3.63, 3.8) is 0 Å². The lowest BCUT2D eigenvalue weighted by atomic mass is 10.0. The molecule has 3 rings (SSSR count). The number of nitrogens with one attached hydrogen (secondary N) is 1. The number of rotatable bonds is 11. The van der Waals surface area contributed by atoms with Crippen molar-refractivity contribution in [1.82, 2.24) is 10.2 Å². The maximum atomic E-state index is 13.6. The van der Waals surface area contributed by atoms with Crippen LogP contribution in [-0.4, -0.2) is 35.1 Å². The number of amides is 2. The zero-order valence-corrected chi connectivity index (χ0v) is 22.4. The van der Waals surface area contributed by atoms with Crippen LogP contribution in [0, 0.1) is 0 Å². The van der Waals surface area contributed by atoms with Gasteiger partial charge < -0.3 is 10.2 Å². The van der Waals surface area contributed by atoms with Crippen LogP contribution in [0.25, 0.3) is 0 Å². The Labute approximate surface area is 225 Å². The Bertz CT molecular complexity index is 1120. The summed E-state index contributed by atoms with van der Waals surface area (Å²) in [7, 11) is 0. The molecule has 184 valence electrons. The average molecular weight is 550 g/mol. The van der Waals surface area contributed by atoms with Gasteiger partial charge in [-0.2, -0.15) is 0 Å². The Balaban J connectivity index is 1.88. The molecule has 0 aromatic heterocycles. The van der Waals surface area contributed by atoms with Gasteiger partial charge in [0.2, 0.25) is 11.8 Å². The van der Waals surface area contributed by atoms with E-state index in [2.05, 4.69) is 5.32 Å². The molecular formula is C27H27Cl3N2O2S. The van der Waals surface area contributed by atoms with E-state index in [4.69, 9.17) is 34.8 Å². The molecule has 0 unspecified atom stereocenters. The number of carbonyl (C=O) groups excluding carboxylic acids is 2. The number of benzene rings is 3. The van der Waals surface area contributed by atoms with Gasteiger partial charge in [-0.3, -0.25) is 9.59 Å². The van der Waals surface area contributed by atoms with Crippen molar-refractivity contribution in [2.45, 2.75) is 31.7 Å². The molecule has 0 bridgehead atoms. The lowest BCUT2D eigenvalue weighted by Gasteiger charge is -2.32. The van der Waals surface area contributed by atoms with Gasteiger partial charge in [-0.25, -0.2) is 0 Å². The summed E-state index contributed by atoms with van der Waals surface area (Å²) >= 11 is 20.6. The second-order valence-electron chi connectivity index (χ2n) is 7.91. The molecule has 35 heavy (non-hydrogen) atoms. The van der Waals surface area contributed by atoms with Crippen molar-refractivity contribution >= 4 is 58.4 Å². The number of nitrogens with zero attached hydrogens (tertiary/aromatic N) is 1. The number of likely N-dealkylation sites (N-methyl/N-ethyl adjacent to an activating group) is 1. The Morgan fingerprint density at radius 3 is 2.17 bits per heavy atom. The predicted molar refractivity (Wildman–Crippen MR) is 147 cm³/mol. The van der Waals surface area contributed by atoms with E-state index in [1.54, 1.807) is 23.1 Å². The standard InChI is InChI=1S/C27H27Cl3N2O2S/c1-2-31-27(34)25(15-19-9-4-3-5-10-19)32(16-21-23(29)13-8-14-24(21)30)26(33)18-35-17-20-11-6-7-12-22(20)28/h3-14,25H,2,15-18H2,1H3,(H,31,34)/t25-/m1/s1. The van der Waals surface area contributed by atoms with E-state index in [1.165, 1.54) is 11.8 Å². The molecule has 0 fully saturated rings. The minimum atomic E-state index is -0.724. The van der Waals surface area contributed by atoms with Crippen molar-refractivity contribution in [2.75, 3.05) is 12.3 Å². The molecule has 1 atom stereocenters.